The van der Waals surface area contributed by atoms with Gasteiger partial charge < -0.3 is 14.0 Å². The molecule has 0 spiro atoms. The van der Waals surface area contributed by atoms with E-state index in [4.69, 9.17) is 44.3 Å². The molecule has 7 heteroatoms. The molecule has 1 aromatic heterocycles. The summed E-state index contributed by atoms with van der Waals surface area (Å²) in [6.45, 7) is 3.16. The van der Waals surface area contributed by atoms with Crippen molar-refractivity contribution in [2.75, 3.05) is 0 Å². The molecule has 0 amide bonds. The third-order valence-corrected chi connectivity index (χ3v) is 5.94. The normalized spacial score (nSPS) is 11.0. The Balaban J connectivity index is 1.65. The zero-order valence-corrected chi connectivity index (χ0v) is 19.5. The fraction of sp³-hybridized carbons (Fsp3) is 0.160. The lowest BCUT2D eigenvalue weighted by Crippen LogP contribution is -2.10. The summed E-state index contributed by atoms with van der Waals surface area (Å²) in [6.07, 6.45) is 0. The van der Waals surface area contributed by atoms with Gasteiger partial charge in [-0.2, -0.15) is 0 Å². The van der Waals surface area contributed by atoms with Crippen LogP contribution in [-0.4, -0.2) is 10.5 Å². The summed E-state index contributed by atoms with van der Waals surface area (Å²) in [5.41, 5.74) is 3.26. The SMILES string of the molecule is CCn1c(COc2ccc(Cl)cc2Cl)c(COC(=O)c2cccc(Cl)c2)c2ccccc21. The number of fused-ring (bicyclic) bond motifs is 1. The number of aromatic nitrogens is 1. The standard InChI is InChI=1S/C25H20Cl3NO3/c1-2-29-22-9-4-3-8-19(22)20(14-32-25(30)16-6-5-7-17(26)12-16)23(29)15-31-24-11-10-18(27)13-21(24)28/h3-13H,2,14-15H2,1H3. The molecule has 0 aliphatic rings. The Labute approximate surface area is 201 Å². The van der Waals surface area contributed by atoms with E-state index in [1.54, 1.807) is 42.5 Å². The van der Waals surface area contributed by atoms with Gasteiger partial charge in [-0.1, -0.05) is 59.1 Å². The van der Waals surface area contributed by atoms with Crippen molar-refractivity contribution in [2.24, 2.45) is 0 Å². The highest BCUT2D eigenvalue weighted by Crippen LogP contribution is 2.31. The summed E-state index contributed by atoms with van der Waals surface area (Å²) >= 11 is 18.3. The van der Waals surface area contributed by atoms with Gasteiger partial charge in [0.2, 0.25) is 0 Å². The molecule has 0 saturated heterocycles. The molecule has 0 fully saturated rings. The number of esters is 1. The van der Waals surface area contributed by atoms with Gasteiger partial charge in [0.25, 0.3) is 0 Å². The molecule has 0 aliphatic carbocycles. The fourth-order valence-corrected chi connectivity index (χ4v) is 4.34. The Morgan fingerprint density at radius 3 is 2.44 bits per heavy atom. The highest BCUT2D eigenvalue weighted by molar-refractivity contribution is 6.35. The van der Waals surface area contributed by atoms with Gasteiger partial charge in [-0.05, 0) is 49.4 Å². The first-order chi connectivity index (χ1) is 15.5. The predicted molar refractivity (Wildman–Crippen MR) is 129 cm³/mol. The molecule has 0 radical (unpaired) electrons. The van der Waals surface area contributed by atoms with Crippen molar-refractivity contribution in [2.45, 2.75) is 26.7 Å². The average Bonchev–Trinajstić information content (AvgIpc) is 3.09. The number of rotatable bonds is 7. The van der Waals surface area contributed by atoms with Gasteiger partial charge in [-0.25, -0.2) is 4.79 Å². The predicted octanol–water partition coefficient (Wildman–Crippen LogP) is 7.56. The van der Waals surface area contributed by atoms with Crippen molar-refractivity contribution in [3.8, 4) is 5.75 Å². The van der Waals surface area contributed by atoms with Gasteiger partial charge in [0.05, 0.1) is 16.3 Å². The summed E-state index contributed by atoms with van der Waals surface area (Å²) < 4.78 is 13.8. The largest absolute Gasteiger partial charge is 0.486 e. The summed E-state index contributed by atoms with van der Waals surface area (Å²) in [6, 6.07) is 19.8. The van der Waals surface area contributed by atoms with Crippen molar-refractivity contribution >= 4 is 51.7 Å². The van der Waals surface area contributed by atoms with Crippen molar-refractivity contribution in [3.05, 3.63) is 98.6 Å². The zero-order chi connectivity index (χ0) is 22.7. The molecule has 0 bridgehead atoms. The molecule has 32 heavy (non-hydrogen) atoms. The van der Waals surface area contributed by atoms with Gasteiger partial charge in [0.15, 0.2) is 0 Å². The second-order valence-electron chi connectivity index (χ2n) is 7.14. The maximum absolute atomic E-state index is 12.6. The van der Waals surface area contributed by atoms with Crippen molar-refractivity contribution in [3.63, 3.8) is 0 Å². The van der Waals surface area contributed by atoms with Gasteiger partial charge in [-0.3, -0.25) is 0 Å². The Kier molecular flexibility index (Phi) is 6.95. The summed E-state index contributed by atoms with van der Waals surface area (Å²) in [5, 5.41) is 2.47. The zero-order valence-electron chi connectivity index (χ0n) is 17.3. The number of ether oxygens (including phenoxy) is 2. The summed E-state index contributed by atoms with van der Waals surface area (Å²) in [7, 11) is 0. The van der Waals surface area contributed by atoms with Crippen molar-refractivity contribution < 1.29 is 14.3 Å². The molecule has 0 atom stereocenters. The molecule has 4 nitrogen and oxygen atoms in total. The topological polar surface area (TPSA) is 40.5 Å². The first kappa shape index (κ1) is 22.5. The van der Waals surface area contributed by atoms with E-state index in [2.05, 4.69) is 11.5 Å². The maximum Gasteiger partial charge on any atom is 0.338 e. The minimum absolute atomic E-state index is 0.103. The number of halogens is 3. The number of para-hydroxylation sites is 1. The van der Waals surface area contributed by atoms with Crippen LogP contribution < -0.4 is 4.74 Å². The molecular formula is C25H20Cl3NO3. The van der Waals surface area contributed by atoms with Crippen LogP contribution >= 0.6 is 34.8 Å². The monoisotopic (exact) mass is 487 g/mol. The van der Waals surface area contributed by atoms with Crippen LogP contribution in [0.3, 0.4) is 0 Å². The number of benzene rings is 3. The van der Waals surface area contributed by atoms with Gasteiger partial charge in [0, 0.05) is 33.1 Å². The van der Waals surface area contributed by atoms with Crippen LogP contribution in [0.4, 0.5) is 0 Å². The molecule has 1 heterocycles. The molecule has 4 rings (SSSR count). The summed E-state index contributed by atoms with van der Waals surface area (Å²) in [5.74, 6) is 0.0966. The lowest BCUT2D eigenvalue weighted by Gasteiger charge is -2.13. The van der Waals surface area contributed by atoms with E-state index in [0.717, 1.165) is 28.7 Å². The minimum atomic E-state index is -0.437. The van der Waals surface area contributed by atoms with E-state index >= 15 is 0 Å². The van der Waals surface area contributed by atoms with E-state index in [9.17, 15) is 4.79 Å². The first-order valence-electron chi connectivity index (χ1n) is 10.1. The maximum atomic E-state index is 12.6. The first-order valence-corrected chi connectivity index (χ1v) is 11.2. The molecule has 0 saturated carbocycles. The second kappa shape index (κ2) is 9.86. The van der Waals surface area contributed by atoms with E-state index in [-0.39, 0.29) is 13.2 Å². The Bertz CT molecular complexity index is 1280. The minimum Gasteiger partial charge on any atom is -0.486 e. The molecule has 0 N–H and O–H groups in total. The second-order valence-corrected chi connectivity index (χ2v) is 8.42. The van der Waals surface area contributed by atoms with Crippen LogP contribution in [0.1, 0.15) is 28.5 Å². The number of hydrogen-bond donors (Lipinski definition) is 0. The molecule has 0 aliphatic heterocycles. The Hall–Kier alpha value is -2.66. The molecule has 0 unspecified atom stereocenters. The van der Waals surface area contributed by atoms with Crippen molar-refractivity contribution in [1.82, 2.24) is 4.57 Å². The number of aryl methyl sites for hydroxylation is 1. The molecule has 164 valence electrons. The highest BCUT2D eigenvalue weighted by atomic mass is 35.5. The Morgan fingerprint density at radius 1 is 0.906 bits per heavy atom. The fourth-order valence-electron chi connectivity index (χ4n) is 3.69. The highest BCUT2D eigenvalue weighted by Gasteiger charge is 2.19. The molecular weight excluding hydrogens is 469 g/mol. The van der Waals surface area contributed by atoms with Gasteiger partial charge in [0.1, 0.15) is 19.0 Å². The number of nitrogens with zero attached hydrogens (tertiary/aromatic N) is 1. The lowest BCUT2D eigenvalue weighted by atomic mass is 10.1. The van der Waals surface area contributed by atoms with E-state index < -0.39 is 5.97 Å². The van der Waals surface area contributed by atoms with Crippen LogP contribution in [0.25, 0.3) is 10.9 Å². The quantitative estimate of drug-likeness (QED) is 0.252. The average molecular weight is 489 g/mol. The molecule has 4 aromatic rings. The number of hydrogen-bond acceptors (Lipinski definition) is 3. The van der Waals surface area contributed by atoms with Crippen LogP contribution in [-0.2, 0) is 24.5 Å². The van der Waals surface area contributed by atoms with Crippen LogP contribution in [0.5, 0.6) is 5.75 Å². The van der Waals surface area contributed by atoms with Crippen LogP contribution in [0.2, 0.25) is 15.1 Å². The number of carbonyl (C=O) groups excluding carboxylic acids is 1. The van der Waals surface area contributed by atoms with E-state index in [1.165, 1.54) is 0 Å². The van der Waals surface area contributed by atoms with Crippen LogP contribution in [0, 0.1) is 0 Å². The van der Waals surface area contributed by atoms with Gasteiger partial charge >= 0.3 is 5.97 Å². The van der Waals surface area contributed by atoms with E-state index in [0.29, 0.717) is 26.4 Å². The third kappa shape index (κ3) is 4.73. The Morgan fingerprint density at radius 2 is 1.69 bits per heavy atom. The van der Waals surface area contributed by atoms with E-state index in [1.807, 2.05) is 24.3 Å². The summed E-state index contributed by atoms with van der Waals surface area (Å²) in [4.78, 5) is 12.6. The number of carbonyl (C=O) groups is 1. The van der Waals surface area contributed by atoms with Crippen LogP contribution in [0.15, 0.2) is 66.7 Å². The third-order valence-electron chi connectivity index (χ3n) is 5.18. The smallest absolute Gasteiger partial charge is 0.338 e. The molecule has 3 aromatic carbocycles. The lowest BCUT2D eigenvalue weighted by molar-refractivity contribution is 0.0472. The van der Waals surface area contributed by atoms with Gasteiger partial charge in [-0.15, -0.1) is 0 Å². The van der Waals surface area contributed by atoms with Crippen molar-refractivity contribution in [1.29, 1.82) is 0 Å².